The van der Waals surface area contributed by atoms with E-state index in [0.29, 0.717) is 4.64 Å². The van der Waals surface area contributed by atoms with Gasteiger partial charge in [0.05, 0.1) is 12.3 Å². The number of hydrogen-bond acceptors (Lipinski definition) is 3. The fraction of sp³-hybridized carbons (Fsp3) is 0.231. The largest absolute Gasteiger partial charge is 0.491 e. The lowest BCUT2D eigenvalue weighted by Gasteiger charge is -2.10. The van der Waals surface area contributed by atoms with Crippen molar-refractivity contribution in [3.8, 4) is 16.9 Å². The highest BCUT2D eigenvalue weighted by atomic mass is 32.1. The normalized spacial score (nSPS) is 10.5. The van der Waals surface area contributed by atoms with Crippen molar-refractivity contribution in [3.63, 3.8) is 0 Å². The van der Waals surface area contributed by atoms with Gasteiger partial charge in [0.2, 0.25) is 0 Å². The molecule has 3 nitrogen and oxygen atoms in total. The van der Waals surface area contributed by atoms with E-state index in [1.807, 2.05) is 44.2 Å². The van der Waals surface area contributed by atoms with E-state index in [0.717, 1.165) is 16.9 Å². The van der Waals surface area contributed by atoms with Gasteiger partial charge in [-0.2, -0.15) is 5.10 Å². The molecule has 0 aliphatic heterocycles. The van der Waals surface area contributed by atoms with Crippen LogP contribution in [0.25, 0.3) is 11.1 Å². The van der Waals surface area contributed by atoms with Crippen LogP contribution >= 0.6 is 12.2 Å². The Morgan fingerprint density at radius 1 is 1.24 bits per heavy atom. The first-order chi connectivity index (χ1) is 8.15. The molecule has 0 spiro atoms. The minimum atomic E-state index is 0.169. The van der Waals surface area contributed by atoms with E-state index in [4.69, 9.17) is 17.0 Å². The molecule has 0 bridgehead atoms. The molecule has 0 saturated carbocycles. The summed E-state index contributed by atoms with van der Waals surface area (Å²) in [6.45, 7) is 4.01. The van der Waals surface area contributed by atoms with E-state index in [1.165, 1.54) is 0 Å². The summed E-state index contributed by atoms with van der Waals surface area (Å²) < 4.78 is 6.28. The number of ether oxygens (including phenoxy) is 1. The second-order valence-electron chi connectivity index (χ2n) is 4.03. The summed E-state index contributed by atoms with van der Waals surface area (Å²) in [6.07, 6.45) is 1.92. The van der Waals surface area contributed by atoms with Gasteiger partial charge in [-0.1, -0.05) is 24.4 Å². The highest BCUT2D eigenvalue weighted by Crippen LogP contribution is 2.23. The number of hydrogen-bond donors (Lipinski definition) is 1. The standard InChI is InChI=1S/C13H14N2OS/c1-9(2)16-12-5-3-4-10(6-12)11-7-13(17)15-14-8-11/h3-9H,1-2H3,(H,15,17). The molecule has 0 aliphatic rings. The summed E-state index contributed by atoms with van der Waals surface area (Å²) in [5, 5.41) is 6.70. The molecule has 0 aliphatic carbocycles. The number of rotatable bonds is 3. The van der Waals surface area contributed by atoms with Gasteiger partial charge in [-0.15, -0.1) is 0 Å². The molecule has 4 heteroatoms. The van der Waals surface area contributed by atoms with E-state index in [9.17, 15) is 0 Å². The van der Waals surface area contributed by atoms with Crippen molar-refractivity contribution in [2.24, 2.45) is 0 Å². The van der Waals surface area contributed by atoms with Crippen molar-refractivity contribution in [2.45, 2.75) is 20.0 Å². The molecule has 17 heavy (non-hydrogen) atoms. The summed E-state index contributed by atoms with van der Waals surface area (Å²) >= 11 is 5.05. The highest BCUT2D eigenvalue weighted by molar-refractivity contribution is 7.71. The van der Waals surface area contributed by atoms with E-state index < -0.39 is 0 Å². The molecule has 2 rings (SSSR count). The van der Waals surface area contributed by atoms with Gasteiger partial charge in [0.15, 0.2) is 0 Å². The number of nitrogens with zero attached hydrogens (tertiary/aromatic N) is 1. The van der Waals surface area contributed by atoms with Crippen LogP contribution in [0, 0.1) is 4.64 Å². The molecule has 2 aromatic rings. The molecule has 1 N–H and O–H groups in total. The van der Waals surface area contributed by atoms with Gasteiger partial charge in [0, 0.05) is 5.56 Å². The quantitative estimate of drug-likeness (QED) is 0.841. The zero-order chi connectivity index (χ0) is 12.3. The van der Waals surface area contributed by atoms with Crippen LogP contribution in [0.3, 0.4) is 0 Å². The fourth-order valence-corrected chi connectivity index (χ4v) is 1.73. The van der Waals surface area contributed by atoms with E-state index in [1.54, 1.807) is 6.20 Å². The van der Waals surface area contributed by atoms with Crippen molar-refractivity contribution in [1.82, 2.24) is 10.2 Å². The SMILES string of the molecule is CC(C)Oc1cccc(-c2cn[nH]c(=S)c2)c1. The Labute approximate surface area is 105 Å². The van der Waals surface area contributed by atoms with Crippen molar-refractivity contribution in [1.29, 1.82) is 0 Å². The number of aromatic amines is 1. The van der Waals surface area contributed by atoms with E-state index >= 15 is 0 Å². The predicted molar refractivity (Wildman–Crippen MR) is 70.6 cm³/mol. The second-order valence-corrected chi connectivity index (χ2v) is 4.47. The minimum Gasteiger partial charge on any atom is -0.491 e. The summed E-state index contributed by atoms with van der Waals surface area (Å²) in [5.74, 6) is 0.858. The van der Waals surface area contributed by atoms with Crippen LogP contribution < -0.4 is 4.74 Å². The molecule has 88 valence electrons. The lowest BCUT2D eigenvalue weighted by atomic mass is 10.1. The number of nitrogens with one attached hydrogen (secondary N) is 1. The predicted octanol–water partition coefficient (Wildman–Crippen LogP) is 3.59. The van der Waals surface area contributed by atoms with Gasteiger partial charge in [0.1, 0.15) is 10.4 Å². The molecule has 0 amide bonds. The molecule has 1 heterocycles. The summed E-state index contributed by atoms with van der Waals surface area (Å²) in [5.41, 5.74) is 2.04. The molecule has 1 aromatic heterocycles. The molecule has 0 unspecified atom stereocenters. The Morgan fingerprint density at radius 3 is 2.76 bits per heavy atom. The molecule has 1 aromatic carbocycles. The fourth-order valence-electron chi connectivity index (χ4n) is 1.56. The van der Waals surface area contributed by atoms with Gasteiger partial charge >= 0.3 is 0 Å². The second kappa shape index (κ2) is 5.10. The summed E-state index contributed by atoms with van der Waals surface area (Å²) in [4.78, 5) is 0. The summed E-state index contributed by atoms with van der Waals surface area (Å²) in [7, 11) is 0. The molecule has 0 atom stereocenters. The molecular formula is C13H14N2OS. The third-order valence-corrected chi connectivity index (χ3v) is 2.41. The maximum Gasteiger partial charge on any atom is 0.120 e. The number of benzene rings is 1. The van der Waals surface area contributed by atoms with Gasteiger partial charge in [-0.05, 0) is 37.6 Å². The first kappa shape index (κ1) is 11.8. The molecule has 0 saturated heterocycles. The average molecular weight is 246 g/mol. The van der Waals surface area contributed by atoms with Crippen LogP contribution in [0.2, 0.25) is 0 Å². The van der Waals surface area contributed by atoms with Gasteiger partial charge in [-0.25, -0.2) is 0 Å². The van der Waals surface area contributed by atoms with Gasteiger partial charge < -0.3 is 4.74 Å². The van der Waals surface area contributed by atoms with Crippen LogP contribution in [-0.4, -0.2) is 16.3 Å². The Kier molecular flexibility index (Phi) is 3.54. The van der Waals surface area contributed by atoms with Crippen LogP contribution in [0.4, 0.5) is 0 Å². The van der Waals surface area contributed by atoms with Crippen LogP contribution in [-0.2, 0) is 0 Å². The first-order valence-electron chi connectivity index (χ1n) is 5.47. The van der Waals surface area contributed by atoms with Crippen LogP contribution in [0.15, 0.2) is 36.5 Å². The molecular weight excluding hydrogens is 232 g/mol. The van der Waals surface area contributed by atoms with E-state index in [-0.39, 0.29) is 6.10 Å². The van der Waals surface area contributed by atoms with Crippen LogP contribution in [0.5, 0.6) is 5.75 Å². The topological polar surface area (TPSA) is 37.9 Å². The maximum absolute atomic E-state index is 5.65. The van der Waals surface area contributed by atoms with Crippen molar-refractivity contribution in [2.75, 3.05) is 0 Å². The Hall–Kier alpha value is -1.68. The third-order valence-electron chi connectivity index (χ3n) is 2.20. The lowest BCUT2D eigenvalue weighted by molar-refractivity contribution is 0.242. The van der Waals surface area contributed by atoms with Crippen molar-refractivity contribution in [3.05, 3.63) is 41.2 Å². The van der Waals surface area contributed by atoms with E-state index in [2.05, 4.69) is 10.2 Å². The minimum absolute atomic E-state index is 0.169. The number of H-pyrrole nitrogens is 1. The summed E-state index contributed by atoms with van der Waals surface area (Å²) in [6, 6.07) is 9.80. The Bertz CT molecular complexity index is 563. The highest BCUT2D eigenvalue weighted by Gasteiger charge is 2.02. The smallest absolute Gasteiger partial charge is 0.120 e. The molecule has 0 radical (unpaired) electrons. The Balaban J connectivity index is 2.36. The van der Waals surface area contributed by atoms with Crippen molar-refractivity contribution < 1.29 is 4.74 Å². The first-order valence-corrected chi connectivity index (χ1v) is 5.88. The molecule has 0 fully saturated rings. The average Bonchev–Trinajstić information content (AvgIpc) is 2.28. The lowest BCUT2D eigenvalue weighted by Crippen LogP contribution is -2.05. The zero-order valence-electron chi connectivity index (χ0n) is 9.81. The van der Waals surface area contributed by atoms with Crippen molar-refractivity contribution >= 4 is 12.2 Å². The Morgan fingerprint density at radius 2 is 2.06 bits per heavy atom. The van der Waals surface area contributed by atoms with Gasteiger partial charge in [0.25, 0.3) is 0 Å². The van der Waals surface area contributed by atoms with Crippen LogP contribution in [0.1, 0.15) is 13.8 Å². The zero-order valence-corrected chi connectivity index (χ0v) is 10.6. The monoisotopic (exact) mass is 246 g/mol. The maximum atomic E-state index is 5.65. The third kappa shape index (κ3) is 3.14. The number of aromatic nitrogens is 2. The van der Waals surface area contributed by atoms with Gasteiger partial charge in [-0.3, -0.25) is 5.10 Å².